The predicted molar refractivity (Wildman–Crippen MR) is 181 cm³/mol. The van der Waals surface area contributed by atoms with E-state index in [2.05, 4.69) is 121 Å². The van der Waals surface area contributed by atoms with Crippen molar-refractivity contribution >= 4 is 54.4 Å². The molecule has 0 aliphatic rings. The fourth-order valence-corrected chi connectivity index (χ4v) is 6.87. The van der Waals surface area contributed by atoms with Crippen molar-refractivity contribution in [2.75, 3.05) is 0 Å². The van der Waals surface area contributed by atoms with Crippen molar-refractivity contribution in [2.45, 2.75) is 26.2 Å². The first-order chi connectivity index (χ1) is 21.4. The van der Waals surface area contributed by atoms with E-state index in [9.17, 15) is 10.5 Å². The van der Waals surface area contributed by atoms with Crippen LogP contribution in [0.2, 0.25) is 0 Å². The first-order valence-corrected chi connectivity index (χ1v) is 14.8. The van der Waals surface area contributed by atoms with Gasteiger partial charge in [0.05, 0.1) is 44.6 Å². The van der Waals surface area contributed by atoms with Crippen molar-refractivity contribution in [1.29, 1.82) is 10.5 Å². The summed E-state index contributed by atoms with van der Waals surface area (Å²) >= 11 is 0. The summed E-state index contributed by atoms with van der Waals surface area (Å²) in [6.07, 6.45) is 0. The minimum atomic E-state index is -0.0241. The van der Waals surface area contributed by atoms with Crippen molar-refractivity contribution in [1.82, 2.24) is 9.13 Å². The Labute approximate surface area is 255 Å². The van der Waals surface area contributed by atoms with Crippen molar-refractivity contribution < 1.29 is 0 Å². The van der Waals surface area contributed by atoms with E-state index in [1.165, 1.54) is 27.1 Å². The van der Waals surface area contributed by atoms with Crippen molar-refractivity contribution in [3.05, 3.63) is 132 Å². The average Bonchev–Trinajstić information content (AvgIpc) is 3.56. The minimum absolute atomic E-state index is 0.0241. The summed E-state index contributed by atoms with van der Waals surface area (Å²) in [4.78, 5) is 0. The smallest absolute Gasteiger partial charge is 0.103 e. The zero-order chi connectivity index (χ0) is 30.2. The highest BCUT2D eigenvalue weighted by atomic mass is 15.1. The fraction of sp³-hybridized carbons (Fsp3) is 0.100. The normalized spacial score (nSPS) is 11.9. The van der Waals surface area contributed by atoms with Crippen LogP contribution in [0, 0.1) is 22.7 Å². The van der Waals surface area contributed by atoms with Crippen molar-refractivity contribution in [3.63, 3.8) is 0 Å². The number of fused-ring (bicyclic) bond motifs is 8. The van der Waals surface area contributed by atoms with Gasteiger partial charge < -0.3 is 9.13 Å². The SMILES string of the molecule is CC(C)(C)c1ccc2c(c1)c1c3ccccc3ccc1n2-c1ccc(C#N)c(C#N)c1-n1c2ccccc2c2ccccc21. The van der Waals surface area contributed by atoms with Crippen LogP contribution < -0.4 is 0 Å². The van der Waals surface area contributed by atoms with Gasteiger partial charge in [-0.1, -0.05) is 93.6 Å². The molecule has 6 aromatic carbocycles. The van der Waals surface area contributed by atoms with Crippen LogP contribution in [0.25, 0.3) is 65.8 Å². The lowest BCUT2D eigenvalue weighted by atomic mass is 9.86. The Morgan fingerprint density at radius 1 is 0.545 bits per heavy atom. The van der Waals surface area contributed by atoms with Gasteiger partial charge in [0, 0.05) is 21.5 Å². The molecule has 0 amide bonds. The first-order valence-electron chi connectivity index (χ1n) is 14.8. The topological polar surface area (TPSA) is 57.4 Å². The van der Waals surface area contributed by atoms with E-state index >= 15 is 0 Å². The number of hydrogen-bond donors (Lipinski definition) is 0. The molecule has 0 saturated carbocycles. The van der Waals surface area contributed by atoms with Gasteiger partial charge in [-0.3, -0.25) is 0 Å². The quantitative estimate of drug-likeness (QED) is 0.210. The highest BCUT2D eigenvalue weighted by Gasteiger charge is 2.25. The largest absolute Gasteiger partial charge is 0.307 e. The van der Waals surface area contributed by atoms with Gasteiger partial charge in [0.2, 0.25) is 0 Å². The lowest BCUT2D eigenvalue weighted by Crippen LogP contribution is -2.10. The van der Waals surface area contributed by atoms with Gasteiger partial charge in [0.15, 0.2) is 0 Å². The number of hydrogen-bond acceptors (Lipinski definition) is 2. The summed E-state index contributed by atoms with van der Waals surface area (Å²) in [5, 5.41) is 27.8. The molecule has 4 heteroatoms. The fourth-order valence-electron chi connectivity index (χ4n) is 6.87. The van der Waals surface area contributed by atoms with Gasteiger partial charge in [-0.25, -0.2) is 0 Å². The van der Waals surface area contributed by atoms with E-state index in [0.29, 0.717) is 16.8 Å². The molecule has 0 aliphatic heterocycles. The second kappa shape index (κ2) is 9.33. The summed E-state index contributed by atoms with van der Waals surface area (Å²) in [5.41, 5.74) is 7.60. The van der Waals surface area contributed by atoms with Crippen LogP contribution in [0.5, 0.6) is 0 Å². The molecule has 0 fully saturated rings. The molecule has 8 rings (SSSR count). The van der Waals surface area contributed by atoms with Gasteiger partial charge in [-0.05, 0) is 64.2 Å². The maximum Gasteiger partial charge on any atom is 0.103 e. The van der Waals surface area contributed by atoms with Gasteiger partial charge in [-0.15, -0.1) is 0 Å². The van der Waals surface area contributed by atoms with E-state index in [0.717, 1.165) is 38.5 Å². The van der Waals surface area contributed by atoms with Crippen LogP contribution in [-0.4, -0.2) is 9.13 Å². The molecule has 8 aromatic rings. The summed E-state index contributed by atoms with van der Waals surface area (Å²) in [5.74, 6) is 0. The Kier molecular flexibility index (Phi) is 5.48. The highest BCUT2D eigenvalue weighted by Crippen LogP contribution is 2.42. The summed E-state index contributed by atoms with van der Waals surface area (Å²) in [7, 11) is 0. The van der Waals surface area contributed by atoms with Crippen LogP contribution in [0.15, 0.2) is 115 Å². The van der Waals surface area contributed by atoms with E-state index < -0.39 is 0 Å². The van der Waals surface area contributed by atoms with Crippen LogP contribution in [0.3, 0.4) is 0 Å². The molecular formula is C40H28N4. The zero-order valence-corrected chi connectivity index (χ0v) is 24.8. The second-order valence-electron chi connectivity index (χ2n) is 12.4. The van der Waals surface area contributed by atoms with Gasteiger partial charge in [-0.2, -0.15) is 10.5 Å². The number of nitrogens with zero attached hydrogens (tertiary/aromatic N) is 4. The molecule has 208 valence electrons. The number of aromatic nitrogens is 2. The summed E-state index contributed by atoms with van der Waals surface area (Å²) in [6.45, 7) is 6.73. The maximum absolute atomic E-state index is 10.7. The number of benzene rings is 6. The van der Waals surface area contributed by atoms with Gasteiger partial charge >= 0.3 is 0 Å². The number of rotatable bonds is 2. The Morgan fingerprint density at radius 2 is 1.16 bits per heavy atom. The molecule has 2 heterocycles. The molecule has 0 bridgehead atoms. The molecular weight excluding hydrogens is 536 g/mol. The van der Waals surface area contributed by atoms with Crippen LogP contribution in [0.1, 0.15) is 37.5 Å². The Hall–Kier alpha value is -5.84. The lowest BCUT2D eigenvalue weighted by molar-refractivity contribution is 0.591. The second-order valence-corrected chi connectivity index (χ2v) is 12.4. The van der Waals surface area contributed by atoms with Gasteiger partial charge in [0.25, 0.3) is 0 Å². The monoisotopic (exact) mass is 564 g/mol. The summed E-state index contributed by atoms with van der Waals surface area (Å²) < 4.78 is 4.45. The minimum Gasteiger partial charge on any atom is -0.307 e. The number of nitriles is 2. The van der Waals surface area contributed by atoms with Gasteiger partial charge in [0.1, 0.15) is 12.1 Å². The van der Waals surface area contributed by atoms with Crippen LogP contribution >= 0.6 is 0 Å². The molecule has 44 heavy (non-hydrogen) atoms. The maximum atomic E-state index is 10.7. The molecule has 0 spiro atoms. The molecule has 0 N–H and O–H groups in total. The van der Waals surface area contributed by atoms with E-state index in [4.69, 9.17) is 0 Å². The third-order valence-corrected chi connectivity index (χ3v) is 8.95. The molecule has 0 saturated heterocycles. The average molecular weight is 565 g/mol. The molecule has 0 unspecified atom stereocenters. The highest BCUT2D eigenvalue weighted by molar-refractivity contribution is 6.21. The standard InChI is InChI=1S/C40H28N4/c1-40(2,3)27-18-21-35-31(22-27)38-28-11-5-4-10-25(28)16-19-36(38)43(35)37-20-17-26(23-41)32(24-42)39(37)44-33-14-8-6-12-29(33)30-13-7-9-15-34(30)44/h4-22H,1-3H3. The van der Waals surface area contributed by atoms with E-state index in [1.807, 2.05) is 30.3 Å². The van der Waals surface area contributed by atoms with E-state index in [1.54, 1.807) is 6.07 Å². The Balaban J connectivity index is 1.61. The third kappa shape index (κ3) is 3.55. The van der Waals surface area contributed by atoms with Crippen molar-refractivity contribution in [3.8, 4) is 23.5 Å². The van der Waals surface area contributed by atoms with Crippen LogP contribution in [-0.2, 0) is 5.41 Å². The lowest BCUT2D eigenvalue weighted by Gasteiger charge is -2.20. The molecule has 0 aliphatic carbocycles. The first kappa shape index (κ1) is 25.8. The molecule has 2 aromatic heterocycles. The van der Waals surface area contributed by atoms with E-state index in [-0.39, 0.29) is 5.41 Å². The molecule has 4 nitrogen and oxygen atoms in total. The third-order valence-electron chi connectivity index (χ3n) is 8.95. The molecule has 0 atom stereocenters. The summed E-state index contributed by atoms with van der Waals surface area (Å²) in [6, 6.07) is 44.7. The zero-order valence-electron chi connectivity index (χ0n) is 24.8. The predicted octanol–water partition coefficient (Wildman–Crippen LogP) is 10.1. The molecule has 0 radical (unpaired) electrons. The Bertz CT molecular complexity index is 2500. The van der Waals surface area contributed by atoms with Crippen molar-refractivity contribution in [2.24, 2.45) is 0 Å². The number of para-hydroxylation sites is 2. The Morgan fingerprint density at radius 3 is 1.82 bits per heavy atom. The van der Waals surface area contributed by atoms with Crippen LogP contribution in [0.4, 0.5) is 0 Å².